The van der Waals surface area contributed by atoms with E-state index >= 15 is 0 Å². The molecular formula is C6H15NO5S. The molecule has 0 aliphatic heterocycles. The number of aliphatic hydroxyl groups is 1. The van der Waals surface area contributed by atoms with Gasteiger partial charge in [-0.05, 0) is 21.0 Å². The van der Waals surface area contributed by atoms with Gasteiger partial charge in [-0.1, -0.05) is 0 Å². The van der Waals surface area contributed by atoms with Crippen molar-refractivity contribution in [2.45, 2.75) is 12.6 Å². The Hall–Kier alpha value is -0.210. The number of nitrogens with zero attached hydrogens (tertiary/aromatic N) is 1. The third-order valence-corrected chi connectivity index (χ3v) is 2.46. The molecule has 0 aliphatic rings. The molecule has 0 aromatic carbocycles. The van der Waals surface area contributed by atoms with Crippen molar-refractivity contribution in [3.8, 4) is 0 Å². The molecular weight excluding hydrogens is 198 g/mol. The third-order valence-electron chi connectivity index (χ3n) is 1.64. The lowest BCUT2D eigenvalue weighted by Crippen LogP contribution is -2.45. The van der Waals surface area contributed by atoms with Gasteiger partial charge in [0.1, 0.15) is 12.3 Å². The zero-order valence-electron chi connectivity index (χ0n) is 8.14. The van der Waals surface area contributed by atoms with Gasteiger partial charge in [0.2, 0.25) is 0 Å². The molecule has 0 aromatic rings. The first kappa shape index (κ1) is 12.8. The SMILES string of the molecule is COS(=O)(=O)OCC(C)(O)N(C)C. The molecule has 1 N–H and O–H groups in total. The van der Waals surface area contributed by atoms with Crippen molar-refractivity contribution in [1.82, 2.24) is 4.90 Å². The summed E-state index contributed by atoms with van der Waals surface area (Å²) in [6, 6.07) is 0. The molecule has 0 saturated carbocycles. The van der Waals surface area contributed by atoms with Crippen molar-refractivity contribution in [3.05, 3.63) is 0 Å². The third kappa shape index (κ3) is 4.53. The van der Waals surface area contributed by atoms with Gasteiger partial charge in [-0.3, -0.25) is 9.08 Å². The van der Waals surface area contributed by atoms with Crippen LogP contribution in [0.15, 0.2) is 0 Å². The average Bonchev–Trinajstić information content (AvgIpc) is 2.01. The predicted octanol–water partition coefficient (Wildman–Crippen LogP) is -0.836. The standard InChI is InChI=1S/C6H15NO5S/c1-6(8,7(2)3)5-12-13(9,10)11-4/h8H,5H2,1-4H3. The number of likely N-dealkylation sites (N-methyl/N-ethyl adjacent to an activating group) is 1. The van der Waals surface area contributed by atoms with Crippen molar-refractivity contribution in [2.75, 3.05) is 27.8 Å². The highest BCUT2D eigenvalue weighted by Crippen LogP contribution is 2.08. The topological polar surface area (TPSA) is 76.1 Å². The smallest absolute Gasteiger partial charge is 0.373 e. The van der Waals surface area contributed by atoms with Crippen molar-refractivity contribution in [2.24, 2.45) is 0 Å². The van der Waals surface area contributed by atoms with Crippen LogP contribution < -0.4 is 0 Å². The van der Waals surface area contributed by atoms with Crippen LogP contribution in [0.2, 0.25) is 0 Å². The minimum Gasteiger partial charge on any atom is -0.373 e. The first-order valence-corrected chi connectivity index (χ1v) is 4.89. The molecule has 80 valence electrons. The van der Waals surface area contributed by atoms with Crippen LogP contribution in [0, 0.1) is 0 Å². The van der Waals surface area contributed by atoms with Crippen LogP contribution in [0.25, 0.3) is 0 Å². The molecule has 1 unspecified atom stereocenters. The summed E-state index contributed by atoms with van der Waals surface area (Å²) in [6.07, 6.45) is 0. The Morgan fingerprint density at radius 3 is 2.23 bits per heavy atom. The Labute approximate surface area is 78.4 Å². The second-order valence-electron chi connectivity index (χ2n) is 2.95. The van der Waals surface area contributed by atoms with E-state index < -0.39 is 16.1 Å². The average molecular weight is 213 g/mol. The van der Waals surface area contributed by atoms with Gasteiger partial charge < -0.3 is 5.11 Å². The van der Waals surface area contributed by atoms with Crippen LogP contribution in [-0.2, 0) is 18.8 Å². The van der Waals surface area contributed by atoms with E-state index in [0.717, 1.165) is 7.11 Å². The Morgan fingerprint density at radius 1 is 1.46 bits per heavy atom. The van der Waals surface area contributed by atoms with Gasteiger partial charge in [0.25, 0.3) is 0 Å². The lowest BCUT2D eigenvalue weighted by Gasteiger charge is -2.29. The van der Waals surface area contributed by atoms with E-state index in [1.165, 1.54) is 11.8 Å². The van der Waals surface area contributed by atoms with Crippen LogP contribution in [0.5, 0.6) is 0 Å². The lowest BCUT2D eigenvalue weighted by atomic mass is 10.3. The predicted molar refractivity (Wildman–Crippen MR) is 46.2 cm³/mol. The molecule has 0 rings (SSSR count). The molecule has 0 fully saturated rings. The molecule has 13 heavy (non-hydrogen) atoms. The second kappa shape index (κ2) is 4.34. The zero-order chi connectivity index (χ0) is 10.7. The number of hydrogen-bond acceptors (Lipinski definition) is 6. The summed E-state index contributed by atoms with van der Waals surface area (Å²) < 4.78 is 29.8. The van der Waals surface area contributed by atoms with Gasteiger partial charge >= 0.3 is 10.4 Å². The van der Waals surface area contributed by atoms with Crippen molar-refractivity contribution >= 4 is 10.4 Å². The monoisotopic (exact) mass is 213 g/mol. The Kier molecular flexibility index (Phi) is 4.27. The summed E-state index contributed by atoms with van der Waals surface area (Å²) in [5.41, 5.74) is -1.34. The van der Waals surface area contributed by atoms with Gasteiger partial charge in [0.15, 0.2) is 0 Å². The summed E-state index contributed by atoms with van der Waals surface area (Å²) >= 11 is 0. The van der Waals surface area contributed by atoms with Gasteiger partial charge in [0.05, 0.1) is 7.11 Å². The summed E-state index contributed by atoms with van der Waals surface area (Å²) in [5, 5.41) is 9.53. The van der Waals surface area contributed by atoms with E-state index in [1.807, 2.05) is 0 Å². The maximum absolute atomic E-state index is 10.7. The fourth-order valence-electron chi connectivity index (χ4n) is 0.361. The summed E-state index contributed by atoms with van der Waals surface area (Å²) in [7, 11) is 0.213. The van der Waals surface area contributed by atoms with E-state index in [9.17, 15) is 13.5 Å². The van der Waals surface area contributed by atoms with E-state index in [4.69, 9.17) is 0 Å². The maximum Gasteiger partial charge on any atom is 0.399 e. The van der Waals surface area contributed by atoms with Crippen LogP contribution >= 0.6 is 0 Å². The fourth-order valence-corrected chi connectivity index (χ4v) is 0.825. The molecule has 0 aromatic heterocycles. The highest BCUT2D eigenvalue weighted by molar-refractivity contribution is 7.81. The summed E-state index contributed by atoms with van der Waals surface area (Å²) in [5.74, 6) is 0. The molecule has 0 heterocycles. The number of hydrogen-bond donors (Lipinski definition) is 1. The molecule has 7 heteroatoms. The molecule has 6 nitrogen and oxygen atoms in total. The minimum absolute atomic E-state index is 0.379. The molecule has 1 atom stereocenters. The Bertz CT molecular complexity index is 246. The largest absolute Gasteiger partial charge is 0.399 e. The molecule has 0 amide bonds. The zero-order valence-corrected chi connectivity index (χ0v) is 8.96. The molecule has 0 radical (unpaired) electrons. The summed E-state index contributed by atoms with van der Waals surface area (Å²) in [6.45, 7) is 1.05. The quantitative estimate of drug-likeness (QED) is 0.600. The van der Waals surface area contributed by atoms with E-state index in [-0.39, 0.29) is 6.61 Å². The van der Waals surface area contributed by atoms with Gasteiger partial charge in [0, 0.05) is 0 Å². The Balaban J connectivity index is 4.18. The second-order valence-corrected chi connectivity index (χ2v) is 4.33. The van der Waals surface area contributed by atoms with Gasteiger partial charge in [-0.2, -0.15) is 8.42 Å². The minimum atomic E-state index is -3.97. The molecule has 0 aliphatic carbocycles. The first-order valence-electron chi connectivity index (χ1n) is 3.56. The number of rotatable bonds is 5. The van der Waals surface area contributed by atoms with Crippen molar-refractivity contribution in [1.29, 1.82) is 0 Å². The van der Waals surface area contributed by atoms with Gasteiger partial charge in [-0.25, -0.2) is 4.18 Å². The van der Waals surface area contributed by atoms with Crippen LogP contribution in [-0.4, -0.2) is 52.0 Å². The molecule has 0 bridgehead atoms. The van der Waals surface area contributed by atoms with Crippen LogP contribution in [0.1, 0.15) is 6.92 Å². The summed E-state index contributed by atoms with van der Waals surface area (Å²) in [4.78, 5) is 1.43. The van der Waals surface area contributed by atoms with E-state index in [1.54, 1.807) is 14.1 Å². The van der Waals surface area contributed by atoms with E-state index in [2.05, 4.69) is 8.37 Å². The normalized spacial score (nSPS) is 17.4. The lowest BCUT2D eigenvalue weighted by molar-refractivity contribution is -0.0953. The fraction of sp³-hybridized carbons (Fsp3) is 1.00. The Morgan fingerprint density at radius 2 is 1.92 bits per heavy atom. The highest BCUT2D eigenvalue weighted by atomic mass is 32.3. The highest BCUT2D eigenvalue weighted by Gasteiger charge is 2.26. The van der Waals surface area contributed by atoms with Crippen molar-refractivity contribution in [3.63, 3.8) is 0 Å². The molecule has 0 spiro atoms. The van der Waals surface area contributed by atoms with Crippen LogP contribution in [0.3, 0.4) is 0 Å². The van der Waals surface area contributed by atoms with E-state index in [0.29, 0.717) is 0 Å². The first-order chi connectivity index (χ1) is 5.71. The molecule has 0 saturated heterocycles. The van der Waals surface area contributed by atoms with Crippen LogP contribution in [0.4, 0.5) is 0 Å². The van der Waals surface area contributed by atoms with Gasteiger partial charge in [-0.15, -0.1) is 0 Å². The van der Waals surface area contributed by atoms with Crippen molar-refractivity contribution < 1.29 is 21.9 Å². The maximum atomic E-state index is 10.7.